The molecule has 1 unspecified atom stereocenters. The van der Waals surface area contributed by atoms with Crippen molar-refractivity contribution in [3.63, 3.8) is 0 Å². The van der Waals surface area contributed by atoms with Crippen molar-refractivity contribution in [2.75, 3.05) is 45.9 Å². The zero-order chi connectivity index (χ0) is 18.7. The molecule has 148 valence electrons. The quantitative estimate of drug-likeness (QED) is 0.509. The maximum atomic E-state index is 5.53. The van der Waals surface area contributed by atoms with E-state index >= 15 is 0 Å². The SMILES string of the molecule is CCCNC(=NCC(c1cccs1)N1CCOCC1)NCCc1ccco1. The number of guanidine groups is 1. The molecule has 0 aromatic carbocycles. The van der Waals surface area contributed by atoms with Crippen molar-refractivity contribution in [3.8, 4) is 0 Å². The highest BCUT2D eigenvalue weighted by Crippen LogP contribution is 2.26. The first-order valence-electron chi connectivity index (χ1n) is 9.76. The molecule has 27 heavy (non-hydrogen) atoms. The van der Waals surface area contributed by atoms with Gasteiger partial charge in [-0.2, -0.15) is 0 Å². The predicted octanol–water partition coefficient (Wildman–Crippen LogP) is 2.90. The minimum absolute atomic E-state index is 0.305. The van der Waals surface area contributed by atoms with Gasteiger partial charge in [-0.3, -0.25) is 9.89 Å². The second-order valence-corrected chi connectivity index (χ2v) is 7.53. The van der Waals surface area contributed by atoms with Crippen molar-refractivity contribution in [2.24, 2.45) is 4.99 Å². The molecule has 1 atom stereocenters. The number of hydrogen-bond donors (Lipinski definition) is 2. The summed E-state index contributed by atoms with van der Waals surface area (Å²) in [6, 6.07) is 8.56. The fourth-order valence-corrected chi connectivity index (χ4v) is 3.96. The Kier molecular flexibility index (Phi) is 8.20. The van der Waals surface area contributed by atoms with Crippen LogP contribution in [0.1, 0.15) is 30.0 Å². The van der Waals surface area contributed by atoms with E-state index in [0.717, 1.165) is 70.5 Å². The lowest BCUT2D eigenvalue weighted by Gasteiger charge is -2.33. The molecule has 1 aliphatic heterocycles. The number of rotatable bonds is 9. The topological polar surface area (TPSA) is 62.0 Å². The van der Waals surface area contributed by atoms with Crippen molar-refractivity contribution >= 4 is 17.3 Å². The first kappa shape index (κ1) is 19.9. The van der Waals surface area contributed by atoms with E-state index in [9.17, 15) is 0 Å². The van der Waals surface area contributed by atoms with E-state index in [1.807, 2.05) is 12.1 Å². The second-order valence-electron chi connectivity index (χ2n) is 6.55. The molecule has 3 rings (SSSR count). The van der Waals surface area contributed by atoms with Gasteiger partial charge in [0.2, 0.25) is 0 Å². The lowest BCUT2D eigenvalue weighted by Crippen LogP contribution is -2.42. The van der Waals surface area contributed by atoms with Crippen molar-refractivity contribution in [3.05, 3.63) is 46.5 Å². The molecule has 1 aliphatic rings. The molecular weight excluding hydrogens is 360 g/mol. The van der Waals surface area contributed by atoms with Crippen LogP contribution in [0.3, 0.4) is 0 Å². The van der Waals surface area contributed by atoms with E-state index in [4.69, 9.17) is 14.1 Å². The van der Waals surface area contributed by atoms with Crippen LogP contribution in [0.2, 0.25) is 0 Å². The Morgan fingerprint density at radius 1 is 1.22 bits per heavy atom. The summed E-state index contributed by atoms with van der Waals surface area (Å²) in [5.41, 5.74) is 0. The summed E-state index contributed by atoms with van der Waals surface area (Å²) in [7, 11) is 0. The highest BCUT2D eigenvalue weighted by Gasteiger charge is 2.23. The largest absolute Gasteiger partial charge is 0.469 e. The molecule has 0 spiro atoms. The van der Waals surface area contributed by atoms with E-state index in [2.05, 4.69) is 40.0 Å². The molecule has 7 heteroatoms. The maximum absolute atomic E-state index is 5.53. The molecular formula is C20H30N4O2S. The van der Waals surface area contributed by atoms with Crippen molar-refractivity contribution in [1.29, 1.82) is 0 Å². The van der Waals surface area contributed by atoms with Gasteiger partial charge in [-0.1, -0.05) is 13.0 Å². The Labute approximate surface area is 165 Å². The van der Waals surface area contributed by atoms with Crippen molar-refractivity contribution < 1.29 is 9.15 Å². The summed E-state index contributed by atoms with van der Waals surface area (Å²) in [4.78, 5) is 8.75. The molecule has 0 saturated carbocycles. The lowest BCUT2D eigenvalue weighted by molar-refractivity contribution is 0.0186. The summed E-state index contributed by atoms with van der Waals surface area (Å²) in [6.07, 6.45) is 3.63. The fourth-order valence-electron chi connectivity index (χ4n) is 3.11. The lowest BCUT2D eigenvalue weighted by atomic mass is 10.2. The number of aliphatic imine (C=N–C) groups is 1. The molecule has 2 aromatic heterocycles. The average Bonchev–Trinajstić information content (AvgIpc) is 3.41. The Bertz CT molecular complexity index is 652. The van der Waals surface area contributed by atoms with Gasteiger partial charge in [0, 0.05) is 37.5 Å². The summed E-state index contributed by atoms with van der Waals surface area (Å²) in [5.74, 6) is 1.86. The molecule has 1 saturated heterocycles. The van der Waals surface area contributed by atoms with E-state index in [1.165, 1.54) is 4.88 Å². The molecule has 3 heterocycles. The number of morpholine rings is 1. The minimum atomic E-state index is 0.305. The third-order valence-corrected chi connectivity index (χ3v) is 5.54. The van der Waals surface area contributed by atoms with Gasteiger partial charge in [-0.15, -0.1) is 11.3 Å². The van der Waals surface area contributed by atoms with E-state index in [-0.39, 0.29) is 0 Å². The molecule has 2 aromatic rings. The van der Waals surface area contributed by atoms with E-state index < -0.39 is 0 Å². The van der Waals surface area contributed by atoms with Gasteiger partial charge in [0.05, 0.1) is 32.1 Å². The molecule has 1 fully saturated rings. The highest BCUT2D eigenvalue weighted by atomic mass is 32.1. The predicted molar refractivity (Wildman–Crippen MR) is 110 cm³/mol. The highest BCUT2D eigenvalue weighted by molar-refractivity contribution is 7.10. The zero-order valence-electron chi connectivity index (χ0n) is 16.0. The van der Waals surface area contributed by atoms with E-state index in [0.29, 0.717) is 6.04 Å². The molecule has 0 amide bonds. The standard InChI is InChI=1S/C20H30N4O2S/c1-2-8-21-20(22-9-7-17-5-3-12-26-17)23-16-18(19-6-4-15-27-19)24-10-13-25-14-11-24/h3-6,12,15,18H,2,7-11,13-14,16H2,1H3,(H2,21,22,23). The normalized spacial score (nSPS) is 17.0. The second kappa shape index (κ2) is 11.1. The van der Waals surface area contributed by atoms with Crippen molar-refractivity contribution in [1.82, 2.24) is 15.5 Å². The van der Waals surface area contributed by atoms with Gasteiger partial charge in [0.1, 0.15) is 5.76 Å². The van der Waals surface area contributed by atoms with Crippen LogP contribution in [0.25, 0.3) is 0 Å². The molecule has 0 bridgehead atoms. The Hall–Kier alpha value is -1.83. The molecule has 6 nitrogen and oxygen atoms in total. The Balaban J connectivity index is 1.61. The minimum Gasteiger partial charge on any atom is -0.469 e. The third-order valence-electron chi connectivity index (χ3n) is 4.57. The van der Waals surface area contributed by atoms with Crippen LogP contribution < -0.4 is 10.6 Å². The summed E-state index contributed by atoms with van der Waals surface area (Å²) in [5, 5.41) is 9.00. The van der Waals surface area contributed by atoms with Crippen LogP contribution in [0.15, 0.2) is 45.3 Å². The number of ether oxygens (including phenoxy) is 1. The van der Waals surface area contributed by atoms with Crippen LogP contribution in [-0.2, 0) is 11.2 Å². The first-order valence-corrected chi connectivity index (χ1v) is 10.6. The first-order chi connectivity index (χ1) is 13.4. The van der Waals surface area contributed by atoms with Crippen LogP contribution in [0.4, 0.5) is 0 Å². The van der Waals surface area contributed by atoms with E-state index in [1.54, 1.807) is 17.6 Å². The average molecular weight is 391 g/mol. The number of nitrogens with zero attached hydrogens (tertiary/aromatic N) is 2. The van der Waals surface area contributed by atoms with Gasteiger partial charge < -0.3 is 19.8 Å². The van der Waals surface area contributed by atoms with Gasteiger partial charge in [0.15, 0.2) is 5.96 Å². The van der Waals surface area contributed by atoms with Gasteiger partial charge >= 0.3 is 0 Å². The summed E-state index contributed by atoms with van der Waals surface area (Å²) >= 11 is 1.81. The Morgan fingerprint density at radius 3 is 2.78 bits per heavy atom. The molecule has 0 aliphatic carbocycles. The van der Waals surface area contributed by atoms with Crippen LogP contribution >= 0.6 is 11.3 Å². The van der Waals surface area contributed by atoms with Gasteiger partial charge in [-0.05, 0) is 30.0 Å². The summed E-state index contributed by atoms with van der Waals surface area (Å²) in [6.45, 7) is 8.12. The zero-order valence-corrected chi connectivity index (χ0v) is 16.8. The van der Waals surface area contributed by atoms with Gasteiger partial charge in [-0.25, -0.2) is 0 Å². The smallest absolute Gasteiger partial charge is 0.191 e. The Morgan fingerprint density at radius 2 is 2.07 bits per heavy atom. The molecule has 2 N–H and O–H groups in total. The van der Waals surface area contributed by atoms with Gasteiger partial charge in [0.25, 0.3) is 0 Å². The molecule has 0 radical (unpaired) electrons. The van der Waals surface area contributed by atoms with Crippen molar-refractivity contribution in [2.45, 2.75) is 25.8 Å². The number of thiophene rings is 1. The summed E-state index contributed by atoms with van der Waals surface area (Å²) < 4.78 is 10.9. The third kappa shape index (κ3) is 6.37. The number of furan rings is 1. The van der Waals surface area contributed by atoms with Crippen LogP contribution in [-0.4, -0.2) is 56.8 Å². The monoisotopic (exact) mass is 390 g/mol. The number of hydrogen-bond acceptors (Lipinski definition) is 5. The fraction of sp³-hybridized carbons (Fsp3) is 0.550. The van der Waals surface area contributed by atoms with Crippen LogP contribution in [0.5, 0.6) is 0 Å². The maximum Gasteiger partial charge on any atom is 0.191 e. The van der Waals surface area contributed by atoms with Crippen LogP contribution in [0, 0.1) is 0 Å². The number of nitrogens with one attached hydrogen (secondary N) is 2.